The van der Waals surface area contributed by atoms with Crippen molar-refractivity contribution in [3.05, 3.63) is 44.9 Å². The zero-order valence-corrected chi connectivity index (χ0v) is 14.1. The van der Waals surface area contributed by atoms with E-state index in [1.54, 1.807) is 0 Å². The third-order valence-electron chi connectivity index (χ3n) is 2.76. The fourth-order valence-corrected chi connectivity index (χ4v) is 2.90. The van der Waals surface area contributed by atoms with Crippen LogP contribution in [0.25, 0.3) is 11.1 Å². The summed E-state index contributed by atoms with van der Waals surface area (Å²) in [5.74, 6) is 0.484. The van der Waals surface area contributed by atoms with Crippen LogP contribution in [0.2, 0.25) is 10.3 Å². The number of nitrogens with zero attached hydrogens (tertiary/aromatic N) is 2. The molecule has 3 nitrogen and oxygen atoms in total. The number of benzene rings is 1. The maximum absolute atomic E-state index is 6.27. The Bertz CT molecular complexity index is 599. The van der Waals surface area contributed by atoms with E-state index in [-0.39, 0.29) is 6.10 Å². The summed E-state index contributed by atoms with van der Waals surface area (Å²) in [7, 11) is 0. The summed E-state index contributed by atoms with van der Waals surface area (Å²) in [6, 6.07) is 7.65. The maximum atomic E-state index is 6.27. The Morgan fingerprint density at radius 2 is 1.80 bits per heavy atom. The molecule has 0 saturated heterocycles. The molecule has 0 fully saturated rings. The highest BCUT2D eigenvalue weighted by Gasteiger charge is 2.18. The van der Waals surface area contributed by atoms with Crippen molar-refractivity contribution in [3.63, 3.8) is 0 Å². The molecular formula is C14H13BrCl2N2O. The topological polar surface area (TPSA) is 35.0 Å². The number of halogens is 3. The Hall–Kier alpha value is -0.680. The van der Waals surface area contributed by atoms with Crippen LogP contribution in [0.15, 0.2) is 28.7 Å². The monoisotopic (exact) mass is 374 g/mol. The molecular weight excluding hydrogens is 363 g/mol. The highest BCUT2D eigenvalue weighted by atomic mass is 79.9. The third kappa shape index (κ3) is 3.31. The van der Waals surface area contributed by atoms with Crippen LogP contribution < -0.4 is 0 Å². The van der Waals surface area contributed by atoms with E-state index < -0.39 is 0 Å². The molecule has 0 aliphatic carbocycles. The Kier molecular flexibility index (Phi) is 5.38. The molecule has 1 atom stereocenters. The minimum absolute atomic E-state index is 0.247. The van der Waals surface area contributed by atoms with Crippen LogP contribution in [0, 0.1) is 0 Å². The first kappa shape index (κ1) is 15.7. The molecule has 1 aromatic heterocycles. The maximum Gasteiger partial charge on any atom is 0.160 e. The first-order chi connectivity index (χ1) is 9.54. The summed E-state index contributed by atoms with van der Waals surface area (Å²) < 4.78 is 6.34. The van der Waals surface area contributed by atoms with Gasteiger partial charge in [-0.25, -0.2) is 9.97 Å². The molecule has 0 spiro atoms. The van der Waals surface area contributed by atoms with Gasteiger partial charge in [-0.15, -0.1) is 0 Å². The lowest BCUT2D eigenvalue weighted by Gasteiger charge is -2.14. The molecule has 0 radical (unpaired) electrons. The van der Waals surface area contributed by atoms with Gasteiger partial charge < -0.3 is 4.74 Å². The highest BCUT2D eigenvalue weighted by Crippen LogP contribution is 2.37. The average molecular weight is 376 g/mol. The lowest BCUT2D eigenvalue weighted by atomic mass is 10.1. The van der Waals surface area contributed by atoms with Crippen molar-refractivity contribution in [2.24, 2.45) is 0 Å². The lowest BCUT2D eigenvalue weighted by molar-refractivity contribution is 0.0701. The van der Waals surface area contributed by atoms with E-state index in [0.29, 0.717) is 28.3 Å². The quantitative estimate of drug-likeness (QED) is 0.679. The van der Waals surface area contributed by atoms with Gasteiger partial charge in [0.05, 0.1) is 5.56 Å². The standard InChI is InChI=1S/C14H13BrCl2N2O/c1-3-20-8(2)14-18-12(16)11(13(17)19-14)9-6-4-5-7-10(9)15/h4-8H,3H2,1-2H3. The molecule has 0 aliphatic heterocycles. The Balaban J connectivity index is 2.50. The SMILES string of the molecule is CCOC(C)c1nc(Cl)c(-c2ccccc2Br)c(Cl)n1. The molecule has 0 saturated carbocycles. The third-order valence-corrected chi connectivity index (χ3v) is 4.00. The van der Waals surface area contributed by atoms with Crippen molar-refractivity contribution in [1.29, 1.82) is 0 Å². The van der Waals surface area contributed by atoms with Gasteiger partial charge in [0.15, 0.2) is 5.82 Å². The van der Waals surface area contributed by atoms with Gasteiger partial charge in [-0.1, -0.05) is 57.3 Å². The van der Waals surface area contributed by atoms with Crippen molar-refractivity contribution in [2.75, 3.05) is 6.61 Å². The average Bonchev–Trinajstić information content (AvgIpc) is 2.40. The minimum Gasteiger partial charge on any atom is -0.371 e. The number of hydrogen-bond acceptors (Lipinski definition) is 3. The van der Waals surface area contributed by atoms with Gasteiger partial charge in [0.25, 0.3) is 0 Å². The second-order valence-electron chi connectivity index (χ2n) is 4.12. The van der Waals surface area contributed by atoms with Crippen LogP contribution in [-0.4, -0.2) is 16.6 Å². The summed E-state index contributed by atoms with van der Waals surface area (Å²) in [4.78, 5) is 8.59. The number of ether oxygens (including phenoxy) is 1. The second-order valence-corrected chi connectivity index (χ2v) is 5.69. The minimum atomic E-state index is -0.247. The van der Waals surface area contributed by atoms with Gasteiger partial charge in [0, 0.05) is 16.6 Å². The van der Waals surface area contributed by atoms with Gasteiger partial charge in [0.2, 0.25) is 0 Å². The molecule has 0 aliphatic rings. The lowest BCUT2D eigenvalue weighted by Crippen LogP contribution is -2.06. The smallest absolute Gasteiger partial charge is 0.160 e. The zero-order valence-electron chi connectivity index (χ0n) is 11.0. The molecule has 0 N–H and O–H groups in total. The number of hydrogen-bond donors (Lipinski definition) is 0. The van der Waals surface area contributed by atoms with Crippen LogP contribution >= 0.6 is 39.1 Å². The molecule has 2 aromatic rings. The number of rotatable bonds is 4. The number of aromatic nitrogens is 2. The molecule has 20 heavy (non-hydrogen) atoms. The van der Waals surface area contributed by atoms with E-state index >= 15 is 0 Å². The molecule has 1 unspecified atom stereocenters. The second kappa shape index (κ2) is 6.85. The summed E-state index contributed by atoms with van der Waals surface area (Å²) in [6.07, 6.45) is -0.247. The van der Waals surface area contributed by atoms with E-state index in [2.05, 4.69) is 25.9 Å². The fourth-order valence-electron chi connectivity index (χ4n) is 1.82. The molecule has 106 valence electrons. The van der Waals surface area contributed by atoms with Crippen molar-refractivity contribution in [2.45, 2.75) is 20.0 Å². The predicted molar refractivity (Wildman–Crippen MR) is 85.2 cm³/mol. The van der Waals surface area contributed by atoms with Gasteiger partial charge in [-0.3, -0.25) is 0 Å². The van der Waals surface area contributed by atoms with Crippen molar-refractivity contribution in [1.82, 2.24) is 9.97 Å². The molecule has 2 rings (SSSR count). The van der Waals surface area contributed by atoms with E-state index in [0.717, 1.165) is 10.0 Å². The summed E-state index contributed by atoms with van der Waals surface area (Å²) in [5.41, 5.74) is 1.48. The van der Waals surface area contributed by atoms with Gasteiger partial charge in [-0.2, -0.15) is 0 Å². The van der Waals surface area contributed by atoms with Crippen LogP contribution in [0.4, 0.5) is 0 Å². The van der Waals surface area contributed by atoms with E-state index in [1.807, 2.05) is 38.1 Å². The van der Waals surface area contributed by atoms with Crippen molar-refractivity contribution in [3.8, 4) is 11.1 Å². The summed E-state index contributed by atoms with van der Waals surface area (Å²) >= 11 is 16.0. The van der Waals surface area contributed by atoms with Gasteiger partial charge in [-0.05, 0) is 19.9 Å². The zero-order chi connectivity index (χ0) is 14.7. The molecule has 0 bridgehead atoms. The van der Waals surface area contributed by atoms with Gasteiger partial charge in [0.1, 0.15) is 16.4 Å². The highest BCUT2D eigenvalue weighted by molar-refractivity contribution is 9.10. The van der Waals surface area contributed by atoms with Crippen molar-refractivity contribution < 1.29 is 4.74 Å². The first-order valence-electron chi connectivity index (χ1n) is 6.14. The normalized spacial score (nSPS) is 12.4. The van der Waals surface area contributed by atoms with Crippen LogP contribution in [0.5, 0.6) is 0 Å². The van der Waals surface area contributed by atoms with Gasteiger partial charge >= 0.3 is 0 Å². The largest absolute Gasteiger partial charge is 0.371 e. The predicted octanol–water partition coefficient (Wildman–Crippen LogP) is 5.31. The van der Waals surface area contributed by atoms with Crippen LogP contribution in [0.1, 0.15) is 25.8 Å². The van der Waals surface area contributed by atoms with Crippen LogP contribution in [-0.2, 0) is 4.74 Å². The van der Waals surface area contributed by atoms with E-state index in [1.165, 1.54) is 0 Å². The Morgan fingerprint density at radius 3 is 2.35 bits per heavy atom. The van der Waals surface area contributed by atoms with Crippen molar-refractivity contribution >= 4 is 39.1 Å². The molecule has 6 heteroatoms. The Labute approximate surface area is 136 Å². The summed E-state index contributed by atoms with van der Waals surface area (Å²) in [6.45, 7) is 4.35. The first-order valence-corrected chi connectivity index (χ1v) is 7.69. The fraction of sp³-hybridized carbons (Fsp3) is 0.286. The van der Waals surface area contributed by atoms with Crippen LogP contribution in [0.3, 0.4) is 0 Å². The summed E-state index contributed by atoms with van der Waals surface area (Å²) in [5, 5.41) is 0.636. The van der Waals surface area contributed by atoms with E-state index in [4.69, 9.17) is 27.9 Å². The van der Waals surface area contributed by atoms with E-state index in [9.17, 15) is 0 Å². The molecule has 1 aromatic carbocycles. The Morgan fingerprint density at radius 1 is 1.20 bits per heavy atom. The molecule has 0 amide bonds. The molecule has 1 heterocycles.